The molecule has 1 aliphatic carbocycles. The topological polar surface area (TPSA) is 24.4 Å². The van der Waals surface area contributed by atoms with Gasteiger partial charge in [-0.15, -0.1) is 23.7 Å². The van der Waals surface area contributed by atoms with Gasteiger partial charge in [-0.2, -0.15) is 0 Å². The van der Waals surface area contributed by atoms with Crippen LogP contribution in [0.15, 0.2) is 17.3 Å². The molecule has 16 heavy (non-hydrogen) atoms. The molecule has 0 radical (unpaired) electrons. The monoisotopic (exact) mass is 254 g/mol. The number of hydrogen-bond acceptors (Lipinski definition) is 3. The molecule has 0 fully saturated rings. The van der Waals surface area contributed by atoms with Gasteiger partial charge < -0.3 is 5.32 Å². The zero-order valence-electron chi connectivity index (χ0n) is 9.19. The van der Waals surface area contributed by atoms with E-state index >= 15 is 0 Å². The molecule has 0 spiro atoms. The molecule has 86 valence electrons. The van der Waals surface area contributed by atoms with Gasteiger partial charge in [-0.25, -0.2) is 0 Å². The Morgan fingerprint density at radius 3 is 3.06 bits per heavy atom. The summed E-state index contributed by atoms with van der Waals surface area (Å²) in [4.78, 5) is 7.55. The fourth-order valence-corrected chi connectivity index (χ4v) is 3.79. The van der Waals surface area contributed by atoms with Crippen LogP contribution in [0.4, 0.5) is 0 Å². The van der Waals surface area contributed by atoms with E-state index < -0.39 is 0 Å². The average Bonchev–Trinajstić information content (AvgIpc) is 2.78. The van der Waals surface area contributed by atoms with Crippen LogP contribution in [-0.2, 0) is 12.8 Å². The maximum Gasteiger partial charge on any atom is 0.0978 e. The van der Waals surface area contributed by atoms with Crippen molar-refractivity contribution >= 4 is 30.1 Å². The molecular weight excluding hydrogens is 240 g/mol. The van der Waals surface area contributed by atoms with Crippen molar-refractivity contribution in [2.45, 2.75) is 32.2 Å². The molecular formula is C12H15ClN2S. The minimum Gasteiger partial charge on any atom is -0.353 e. The molecule has 1 aromatic rings. The summed E-state index contributed by atoms with van der Waals surface area (Å²) in [5.74, 6) is 0. The standard InChI is InChI=1S/C12H14N2S.ClH/c1-8-12(10-5-6-13-7-14-10)9-3-2-4-11(9)15-8;/h5-7,10H,2-4H2,1H3,(H,13,14);1H. The van der Waals surface area contributed by atoms with Gasteiger partial charge in [0.15, 0.2) is 0 Å². The van der Waals surface area contributed by atoms with Crippen LogP contribution in [0.2, 0.25) is 0 Å². The smallest absolute Gasteiger partial charge is 0.0978 e. The van der Waals surface area contributed by atoms with Crippen molar-refractivity contribution in [3.63, 3.8) is 0 Å². The van der Waals surface area contributed by atoms with Gasteiger partial charge in [0.05, 0.1) is 12.4 Å². The molecule has 2 heterocycles. The number of aryl methyl sites for hydroxylation is 2. The van der Waals surface area contributed by atoms with Crippen molar-refractivity contribution in [1.82, 2.24) is 5.32 Å². The molecule has 1 atom stereocenters. The molecule has 0 bridgehead atoms. The van der Waals surface area contributed by atoms with E-state index in [2.05, 4.69) is 23.3 Å². The summed E-state index contributed by atoms with van der Waals surface area (Å²) in [7, 11) is 0. The summed E-state index contributed by atoms with van der Waals surface area (Å²) in [6, 6.07) is 0.254. The second-order valence-corrected chi connectivity index (χ2v) is 5.39. The van der Waals surface area contributed by atoms with Gasteiger partial charge in [0, 0.05) is 16.0 Å². The van der Waals surface area contributed by atoms with Crippen LogP contribution in [0.3, 0.4) is 0 Å². The first-order chi connectivity index (χ1) is 7.36. The fraction of sp³-hybridized carbons (Fsp3) is 0.417. The van der Waals surface area contributed by atoms with Crippen LogP contribution in [0.5, 0.6) is 0 Å². The molecule has 1 aliphatic heterocycles. The quantitative estimate of drug-likeness (QED) is 0.818. The largest absolute Gasteiger partial charge is 0.353 e. The fourth-order valence-electron chi connectivity index (χ4n) is 2.49. The van der Waals surface area contributed by atoms with E-state index in [0.717, 1.165) is 0 Å². The SMILES string of the molecule is Cc1sc2c(c1C1C=CNC=N1)CCC2.Cl. The number of rotatable bonds is 1. The summed E-state index contributed by atoms with van der Waals surface area (Å²) >= 11 is 1.97. The molecule has 3 rings (SSSR count). The Labute approximate surface area is 106 Å². The highest BCUT2D eigenvalue weighted by Gasteiger charge is 2.24. The van der Waals surface area contributed by atoms with Crippen LogP contribution >= 0.6 is 23.7 Å². The lowest BCUT2D eigenvalue weighted by Gasteiger charge is -2.13. The van der Waals surface area contributed by atoms with Crippen molar-refractivity contribution in [2.24, 2.45) is 4.99 Å². The van der Waals surface area contributed by atoms with Crippen molar-refractivity contribution in [2.75, 3.05) is 0 Å². The third-order valence-electron chi connectivity index (χ3n) is 3.13. The van der Waals surface area contributed by atoms with Crippen molar-refractivity contribution in [1.29, 1.82) is 0 Å². The minimum absolute atomic E-state index is 0. The highest BCUT2D eigenvalue weighted by molar-refractivity contribution is 7.12. The minimum atomic E-state index is 0. The first-order valence-electron chi connectivity index (χ1n) is 5.41. The molecule has 1 aromatic heterocycles. The Hall–Kier alpha value is -0.800. The summed E-state index contributed by atoms with van der Waals surface area (Å²) in [5.41, 5.74) is 3.06. The van der Waals surface area contributed by atoms with Gasteiger partial charge in [-0.05, 0) is 43.4 Å². The molecule has 1 N–H and O–H groups in total. The zero-order valence-corrected chi connectivity index (χ0v) is 10.8. The van der Waals surface area contributed by atoms with E-state index in [4.69, 9.17) is 0 Å². The van der Waals surface area contributed by atoms with E-state index in [9.17, 15) is 0 Å². The number of nitrogens with zero attached hydrogens (tertiary/aromatic N) is 1. The Bertz CT molecular complexity index is 436. The second-order valence-electron chi connectivity index (χ2n) is 4.08. The molecule has 0 aromatic carbocycles. The van der Waals surface area contributed by atoms with Crippen molar-refractivity contribution < 1.29 is 0 Å². The Morgan fingerprint density at radius 1 is 1.44 bits per heavy atom. The van der Waals surface area contributed by atoms with Gasteiger partial charge in [0.1, 0.15) is 0 Å². The van der Waals surface area contributed by atoms with E-state index in [0.29, 0.717) is 0 Å². The highest BCUT2D eigenvalue weighted by Crippen LogP contribution is 2.39. The van der Waals surface area contributed by atoms with Crippen LogP contribution in [0, 0.1) is 6.92 Å². The molecule has 2 nitrogen and oxygen atoms in total. The summed E-state index contributed by atoms with van der Waals surface area (Å²) in [6.45, 7) is 2.23. The average molecular weight is 255 g/mol. The first-order valence-corrected chi connectivity index (χ1v) is 6.23. The lowest BCUT2D eigenvalue weighted by molar-refractivity contribution is 0.849. The highest BCUT2D eigenvalue weighted by atomic mass is 35.5. The number of nitrogens with one attached hydrogen (secondary N) is 1. The number of thiophene rings is 1. The first kappa shape index (κ1) is 11.7. The van der Waals surface area contributed by atoms with Crippen molar-refractivity contribution in [3.8, 4) is 0 Å². The van der Waals surface area contributed by atoms with Crippen LogP contribution in [-0.4, -0.2) is 6.34 Å². The molecule has 0 saturated heterocycles. The van der Waals surface area contributed by atoms with E-state index in [1.54, 1.807) is 16.8 Å². The van der Waals surface area contributed by atoms with Gasteiger partial charge in [-0.1, -0.05) is 0 Å². The van der Waals surface area contributed by atoms with E-state index in [1.165, 1.54) is 29.7 Å². The van der Waals surface area contributed by atoms with Gasteiger partial charge in [0.2, 0.25) is 0 Å². The summed E-state index contributed by atoms with van der Waals surface area (Å²) in [5, 5.41) is 3.00. The number of hydrogen-bond donors (Lipinski definition) is 1. The zero-order chi connectivity index (χ0) is 10.3. The Kier molecular flexibility index (Phi) is 3.36. The normalized spacial score (nSPS) is 21.4. The molecule has 4 heteroatoms. The molecule has 0 amide bonds. The van der Waals surface area contributed by atoms with Gasteiger partial charge >= 0.3 is 0 Å². The summed E-state index contributed by atoms with van der Waals surface area (Å²) < 4.78 is 0. The third kappa shape index (κ3) is 1.78. The van der Waals surface area contributed by atoms with Crippen LogP contribution in [0.1, 0.15) is 33.3 Å². The lowest BCUT2D eigenvalue weighted by atomic mass is 10.0. The number of aliphatic imine (C=N–C) groups is 1. The molecule has 2 aliphatic rings. The third-order valence-corrected chi connectivity index (χ3v) is 4.35. The maximum atomic E-state index is 4.49. The molecule has 1 unspecified atom stereocenters. The molecule has 0 saturated carbocycles. The van der Waals surface area contributed by atoms with Gasteiger partial charge in [-0.3, -0.25) is 4.99 Å². The van der Waals surface area contributed by atoms with E-state index in [1.807, 2.05) is 17.5 Å². The Morgan fingerprint density at radius 2 is 2.31 bits per heavy atom. The maximum absolute atomic E-state index is 4.49. The lowest BCUT2D eigenvalue weighted by Crippen LogP contribution is -2.09. The van der Waals surface area contributed by atoms with E-state index in [-0.39, 0.29) is 18.4 Å². The van der Waals surface area contributed by atoms with Crippen LogP contribution < -0.4 is 5.32 Å². The predicted molar refractivity (Wildman–Crippen MR) is 71.8 cm³/mol. The Balaban J connectivity index is 0.000000963. The van der Waals surface area contributed by atoms with Crippen molar-refractivity contribution in [3.05, 3.63) is 33.2 Å². The number of halogens is 1. The van der Waals surface area contributed by atoms with Gasteiger partial charge in [0.25, 0.3) is 0 Å². The predicted octanol–water partition coefficient (Wildman–Crippen LogP) is 3.15. The second kappa shape index (κ2) is 4.60. The van der Waals surface area contributed by atoms with Crippen LogP contribution in [0.25, 0.3) is 0 Å². The number of fused-ring (bicyclic) bond motifs is 1. The summed E-state index contributed by atoms with van der Waals surface area (Å²) in [6.07, 6.45) is 9.78.